The van der Waals surface area contributed by atoms with Gasteiger partial charge in [0.05, 0.1) is 20.3 Å². The molecule has 0 saturated carbocycles. The number of allylic oxidation sites excluding steroid dienone is 1. The molecule has 3 rings (SSSR count). The quantitative estimate of drug-likeness (QED) is 0.616. The summed E-state index contributed by atoms with van der Waals surface area (Å²) in [6.07, 6.45) is 3.18. The molecule has 1 aliphatic heterocycles. The van der Waals surface area contributed by atoms with Gasteiger partial charge in [-0.2, -0.15) is 0 Å². The number of rotatable bonds is 5. The van der Waals surface area contributed by atoms with E-state index in [0.29, 0.717) is 5.56 Å². The SMILES string of the molecule is COc1ccc(C(=O)/C=C/c2ccc(N3CCOCC3)cc2)cc1F. The molecule has 0 spiro atoms. The summed E-state index contributed by atoms with van der Waals surface area (Å²) >= 11 is 0. The normalized spacial score (nSPS) is 14.7. The Balaban J connectivity index is 1.66. The Kier molecular flexibility index (Phi) is 5.46. The summed E-state index contributed by atoms with van der Waals surface area (Å²) in [5.41, 5.74) is 2.35. The van der Waals surface area contributed by atoms with Crippen LogP contribution in [0.15, 0.2) is 48.5 Å². The van der Waals surface area contributed by atoms with Crippen molar-refractivity contribution in [1.82, 2.24) is 0 Å². The number of methoxy groups -OCH3 is 1. The molecule has 0 N–H and O–H groups in total. The Morgan fingerprint density at radius 3 is 2.52 bits per heavy atom. The minimum Gasteiger partial charge on any atom is -0.494 e. The lowest BCUT2D eigenvalue weighted by molar-refractivity contribution is 0.104. The smallest absolute Gasteiger partial charge is 0.185 e. The fraction of sp³-hybridized carbons (Fsp3) is 0.250. The minimum atomic E-state index is -0.545. The lowest BCUT2D eigenvalue weighted by Crippen LogP contribution is -2.36. The number of morpholine rings is 1. The van der Waals surface area contributed by atoms with Gasteiger partial charge in [-0.15, -0.1) is 0 Å². The van der Waals surface area contributed by atoms with E-state index in [0.717, 1.165) is 37.6 Å². The second-order valence-electron chi connectivity index (χ2n) is 5.74. The van der Waals surface area contributed by atoms with Crippen LogP contribution in [0.5, 0.6) is 5.75 Å². The fourth-order valence-electron chi connectivity index (χ4n) is 2.71. The summed E-state index contributed by atoms with van der Waals surface area (Å²) in [6.45, 7) is 3.26. The van der Waals surface area contributed by atoms with Crippen molar-refractivity contribution in [3.8, 4) is 5.75 Å². The summed E-state index contributed by atoms with van der Waals surface area (Å²) in [4.78, 5) is 14.4. The number of hydrogen-bond donors (Lipinski definition) is 0. The Bertz CT molecular complexity index is 765. The third-order valence-electron chi connectivity index (χ3n) is 4.13. The number of anilines is 1. The Labute approximate surface area is 146 Å². The summed E-state index contributed by atoms with van der Waals surface area (Å²) in [7, 11) is 1.39. The average Bonchev–Trinajstić information content (AvgIpc) is 2.67. The van der Waals surface area contributed by atoms with Gasteiger partial charge < -0.3 is 14.4 Å². The molecule has 5 heteroatoms. The first kappa shape index (κ1) is 17.2. The topological polar surface area (TPSA) is 38.8 Å². The van der Waals surface area contributed by atoms with E-state index < -0.39 is 5.82 Å². The zero-order valence-electron chi connectivity index (χ0n) is 14.1. The molecule has 1 heterocycles. The third-order valence-corrected chi connectivity index (χ3v) is 4.13. The van der Waals surface area contributed by atoms with Gasteiger partial charge in [-0.1, -0.05) is 18.2 Å². The molecule has 0 atom stereocenters. The molecule has 1 saturated heterocycles. The van der Waals surface area contributed by atoms with E-state index in [1.807, 2.05) is 24.3 Å². The van der Waals surface area contributed by atoms with Gasteiger partial charge >= 0.3 is 0 Å². The zero-order valence-corrected chi connectivity index (χ0v) is 14.1. The van der Waals surface area contributed by atoms with Crippen molar-refractivity contribution in [1.29, 1.82) is 0 Å². The number of carbonyl (C=O) groups is 1. The third kappa shape index (κ3) is 4.25. The maximum atomic E-state index is 13.7. The van der Waals surface area contributed by atoms with E-state index in [1.165, 1.54) is 25.3 Å². The number of hydrogen-bond acceptors (Lipinski definition) is 4. The first-order valence-corrected chi connectivity index (χ1v) is 8.16. The fourth-order valence-corrected chi connectivity index (χ4v) is 2.71. The monoisotopic (exact) mass is 341 g/mol. The number of benzene rings is 2. The van der Waals surface area contributed by atoms with Gasteiger partial charge in [0.1, 0.15) is 0 Å². The molecule has 130 valence electrons. The molecule has 0 radical (unpaired) electrons. The minimum absolute atomic E-state index is 0.124. The van der Waals surface area contributed by atoms with Crippen molar-refractivity contribution in [3.63, 3.8) is 0 Å². The van der Waals surface area contributed by atoms with Gasteiger partial charge in [0.2, 0.25) is 0 Å². The lowest BCUT2D eigenvalue weighted by atomic mass is 10.1. The predicted octanol–water partition coefficient (Wildman–Crippen LogP) is 3.57. The molecule has 2 aromatic rings. The van der Waals surface area contributed by atoms with Crippen LogP contribution >= 0.6 is 0 Å². The van der Waals surface area contributed by atoms with Crippen LogP contribution in [0, 0.1) is 5.82 Å². The molecule has 25 heavy (non-hydrogen) atoms. The van der Waals surface area contributed by atoms with E-state index in [1.54, 1.807) is 12.1 Å². The number of ketones is 1. The first-order valence-electron chi connectivity index (χ1n) is 8.16. The van der Waals surface area contributed by atoms with Crippen LogP contribution in [-0.2, 0) is 4.74 Å². The molecule has 4 nitrogen and oxygen atoms in total. The zero-order chi connectivity index (χ0) is 17.6. The Morgan fingerprint density at radius 2 is 1.88 bits per heavy atom. The lowest BCUT2D eigenvalue weighted by Gasteiger charge is -2.28. The highest BCUT2D eigenvalue weighted by molar-refractivity contribution is 6.06. The van der Waals surface area contributed by atoms with Crippen LogP contribution in [0.25, 0.3) is 6.08 Å². The van der Waals surface area contributed by atoms with Crippen molar-refractivity contribution < 1.29 is 18.7 Å². The summed E-state index contributed by atoms with van der Waals surface area (Å²) < 4.78 is 23.9. The maximum Gasteiger partial charge on any atom is 0.185 e. The number of ether oxygens (including phenoxy) is 2. The molecule has 2 aromatic carbocycles. The van der Waals surface area contributed by atoms with Gasteiger partial charge in [0, 0.05) is 24.3 Å². The van der Waals surface area contributed by atoms with Crippen LogP contribution in [0.2, 0.25) is 0 Å². The Hall–Kier alpha value is -2.66. The second-order valence-corrected chi connectivity index (χ2v) is 5.74. The van der Waals surface area contributed by atoms with Crippen molar-refractivity contribution >= 4 is 17.5 Å². The molecule has 1 fully saturated rings. The highest BCUT2D eigenvalue weighted by Gasteiger charge is 2.11. The maximum absolute atomic E-state index is 13.7. The van der Waals surface area contributed by atoms with E-state index in [2.05, 4.69) is 4.90 Å². The van der Waals surface area contributed by atoms with Crippen LogP contribution < -0.4 is 9.64 Å². The number of nitrogens with zero attached hydrogens (tertiary/aromatic N) is 1. The van der Waals surface area contributed by atoms with Gasteiger partial charge in [-0.05, 0) is 42.0 Å². The van der Waals surface area contributed by atoms with Crippen LogP contribution in [0.4, 0.5) is 10.1 Å². The predicted molar refractivity (Wildman–Crippen MR) is 95.8 cm³/mol. The summed E-state index contributed by atoms with van der Waals surface area (Å²) in [5, 5.41) is 0. The summed E-state index contributed by atoms with van der Waals surface area (Å²) in [6, 6.07) is 12.2. The van der Waals surface area contributed by atoms with Crippen LogP contribution in [0.3, 0.4) is 0 Å². The van der Waals surface area contributed by atoms with E-state index in [4.69, 9.17) is 9.47 Å². The van der Waals surface area contributed by atoms with E-state index in [-0.39, 0.29) is 11.5 Å². The molecule has 1 aliphatic rings. The van der Waals surface area contributed by atoms with Crippen molar-refractivity contribution in [2.75, 3.05) is 38.3 Å². The van der Waals surface area contributed by atoms with E-state index >= 15 is 0 Å². The molecular formula is C20H20FNO3. The highest BCUT2D eigenvalue weighted by Crippen LogP contribution is 2.19. The van der Waals surface area contributed by atoms with Crippen molar-refractivity contribution in [2.45, 2.75) is 0 Å². The molecule has 0 aliphatic carbocycles. The summed E-state index contributed by atoms with van der Waals surface area (Å²) in [5.74, 6) is -0.672. The van der Waals surface area contributed by atoms with Gasteiger partial charge in [-0.25, -0.2) is 4.39 Å². The van der Waals surface area contributed by atoms with Gasteiger partial charge in [-0.3, -0.25) is 4.79 Å². The molecule has 0 aromatic heterocycles. The highest BCUT2D eigenvalue weighted by atomic mass is 19.1. The largest absolute Gasteiger partial charge is 0.494 e. The Morgan fingerprint density at radius 1 is 1.16 bits per heavy atom. The van der Waals surface area contributed by atoms with Gasteiger partial charge in [0.15, 0.2) is 17.3 Å². The van der Waals surface area contributed by atoms with Crippen molar-refractivity contribution in [2.24, 2.45) is 0 Å². The number of halogens is 1. The van der Waals surface area contributed by atoms with Crippen LogP contribution in [-0.4, -0.2) is 39.2 Å². The van der Waals surface area contributed by atoms with Gasteiger partial charge in [0.25, 0.3) is 0 Å². The standard InChI is InChI=1S/C20H20FNO3/c1-24-20-9-5-16(14-18(20)21)19(23)8-4-15-2-6-17(7-3-15)22-10-12-25-13-11-22/h2-9,14H,10-13H2,1H3/b8-4+. The molecule has 0 unspecified atom stereocenters. The molecule has 0 amide bonds. The molecule has 0 bridgehead atoms. The van der Waals surface area contributed by atoms with Crippen LogP contribution in [0.1, 0.15) is 15.9 Å². The number of carbonyl (C=O) groups excluding carboxylic acids is 1. The first-order chi connectivity index (χ1) is 12.2. The second kappa shape index (κ2) is 7.94. The van der Waals surface area contributed by atoms with E-state index in [9.17, 15) is 9.18 Å². The molecular weight excluding hydrogens is 321 g/mol. The average molecular weight is 341 g/mol. The van der Waals surface area contributed by atoms with Crippen molar-refractivity contribution in [3.05, 3.63) is 65.5 Å².